The van der Waals surface area contributed by atoms with Crippen LogP contribution in [0.1, 0.15) is 17.3 Å². The molecule has 134 valence electrons. The molecule has 0 saturated carbocycles. The van der Waals surface area contributed by atoms with Crippen molar-refractivity contribution < 1.29 is 4.79 Å². The fourth-order valence-corrected chi connectivity index (χ4v) is 2.71. The van der Waals surface area contributed by atoms with Crippen molar-refractivity contribution in [2.45, 2.75) is 6.92 Å². The van der Waals surface area contributed by atoms with Gasteiger partial charge in [0.25, 0.3) is 5.91 Å². The molecule has 1 N–H and O–H groups in total. The van der Waals surface area contributed by atoms with Crippen molar-refractivity contribution in [2.24, 2.45) is 0 Å². The molecule has 4 nitrogen and oxygen atoms in total. The van der Waals surface area contributed by atoms with Gasteiger partial charge < -0.3 is 5.32 Å². The van der Waals surface area contributed by atoms with Crippen molar-refractivity contribution >= 4 is 5.91 Å². The molecule has 1 heterocycles. The largest absolute Gasteiger partial charge is 0.322 e. The zero-order valence-corrected chi connectivity index (χ0v) is 15.2. The number of nitrogens with one attached hydrogen (secondary N) is 1. The second-order valence-electron chi connectivity index (χ2n) is 5.85. The first-order valence-corrected chi connectivity index (χ1v) is 8.70. The Hall–Kier alpha value is -3.66. The number of benzene rings is 2. The molecule has 1 amide bonds. The van der Waals surface area contributed by atoms with Crippen LogP contribution >= 0.6 is 0 Å². The Kier molecular flexibility index (Phi) is 5.80. The summed E-state index contributed by atoms with van der Waals surface area (Å²) in [6, 6.07) is 19.4. The van der Waals surface area contributed by atoms with Crippen LogP contribution < -0.4 is 5.32 Å². The third-order valence-corrected chi connectivity index (χ3v) is 3.93. The lowest BCUT2D eigenvalue weighted by Crippen LogP contribution is -2.22. The summed E-state index contributed by atoms with van der Waals surface area (Å²) >= 11 is 0. The molecule has 27 heavy (non-hydrogen) atoms. The lowest BCUT2D eigenvalue weighted by molar-refractivity contribution is 0.0968. The summed E-state index contributed by atoms with van der Waals surface area (Å²) in [6.07, 6.45) is 8.83. The van der Waals surface area contributed by atoms with Crippen molar-refractivity contribution in [3.63, 3.8) is 0 Å². The molecular weight excluding hydrogens is 334 g/mol. The normalized spacial score (nSPS) is 11.5. The molecule has 3 rings (SSSR count). The van der Waals surface area contributed by atoms with E-state index in [0.29, 0.717) is 17.0 Å². The molecule has 0 aliphatic rings. The van der Waals surface area contributed by atoms with Gasteiger partial charge >= 0.3 is 0 Å². The number of rotatable bonds is 6. The zero-order valence-electron chi connectivity index (χ0n) is 15.2. The van der Waals surface area contributed by atoms with Crippen LogP contribution in [-0.2, 0) is 0 Å². The number of carbonyl (C=O) groups is 1. The van der Waals surface area contributed by atoms with Crippen LogP contribution in [0.3, 0.4) is 0 Å². The molecule has 0 aliphatic carbocycles. The summed E-state index contributed by atoms with van der Waals surface area (Å²) in [6.45, 7) is 5.59. The highest BCUT2D eigenvalue weighted by Gasteiger charge is 2.18. The Balaban J connectivity index is 2.05. The van der Waals surface area contributed by atoms with Crippen LogP contribution in [0.25, 0.3) is 16.9 Å². The monoisotopic (exact) mass is 355 g/mol. The first kappa shape index (κ1) is 18.1. The number of amides is 1. The van der Waals surface area contributed by atoms with Crippen molar-refractivity contribution in [1.82, 2.24) is 15.1 Å². The van der Waals surface area contributed by atoms with Gasteiger partial charge in [0.05, 0.1) is 11.3 Å². The van der Waals surface area contributed by atoms with Gasteiger partial charge in [0, 0.05) is 17.5 Å². The third-order valence-electron chi connectivity index (χ3n) is 3.93. The maximum absolute atomic E-state index is 13.0. The van der Waals surface area contributed by atoms with Gasteiger partial charge in [-0.05, 0) is 31.2 Å². The van der Waals surface area contributed by atoms with E-state index in [1.807, 2.05) is 79.7 Å². The number of carbonyl (C=O) groups excluding carboxylic acids is 1. The maximum atomic E-state index is 13.0. The predicted octanol–water partition coefficient (Wildman–Crippen LogP) is 4.92. The minimum absolute atomic E-state index is 0.220. The van der Waals surface area contributed by atoms with Gasteiger partial charge in [0.1, 0.15) is 5.69 Å². The van der Waals surface area contributed by atoms with Gasteiger partial charge in [0.2, 0.25) is 0 Å². The average molecular weight is 355 g/mol. The highest BCUT2D eigenvalue weighted by atomic mass is 16.1. The molecule has 0 fully saturated rings. The standard InChI is InChI=1S/C23H21N3O/c1-3-11-19(12-4-2)24-23(27)21-17-26(20-15-9-6-10-16-20)25-22(21)18-13-7-5-8-14-18/h3-17H,1H2,2H3,(H,24,27)/b12-4-,19-11+. The highest BCUT2D eigenvalue weighted by molar-refractivity contribution is 6.01. The minimum atomic E-state index is -0.220. The van der Waals surface area contributed by atoms with Crippen LogP contribution in [0.2, 0.25) is 0 Å². The van der Waals surface area contributed by atoms with E-state index in [1.54, 1.807) is 23.0 Å². The summed E-state index contributed by atoms with van der Waals surface area (Å²) < 4.78 is 1.73. The molecule has 4 heteroatoms. The van der Waals surface area contributed by atoms with Crippen molar-refractivity contribution in [2.75, 3.05) is 0 Å². The SMILES string of the molecule is C=C/C=C(\C=C/C)NC(=O)c1cn(-c2ccccc2)nc1-c1ccccc1. The second kappa shape index (κ2) is 8.63. The number of allylic oxidation sites excluding steroid dienone is 4. The zero-order chi connectivity index (χ0) is 19.1. The summed E-state index contributed by atoms with van der Waals surface area (Å²) in [5.74, 6) is -0.220. The van der Waals surface area contributed by atoms with Crippen molar-refractivity contribution in [3.05, 3.63) is 109 Å². The summed E-state index contributed by atoms with van der Waals surface area (Å²) in [5, 5.41) is 7.59. The van der Waals surface area contributed by atoms with E-state index in [9.17, 15) is 4.79 Å². The van der Waals surface area contributed by atoms with Crippen LogP contribution in [0.15, 0.2) is 103 Å². The maximum Gasteiger partial charge on any atom is 0.259 e. The van der Waals surface area contributed by atoms with Gasteiger partial charge in [-0.3, -0.25) is 4.79 Å². The first-order chi connectivity index (χ1) is 13.2. The lowest BCUT2D eigenvalue weighted by Gasteiger charge is -2.06. The molecule has 0 aliphatic heterocycles. The second-order valence-corrected chi connectivity index (χ2v) is 5.85. The average Bonchev–Trinajstić information content (AvgIpc) is 3.15. The molecule has 0 spiro atoms. The number of hydrogen-bond donors (Lipinski definition) is 1. The summed E-state index contributed by atoms with van der Waals surface area (Å²) in [5.41, 5.74) is 3.59. The first-order valence-electron chi connectivity index (χ1n) is 8.70. The Bertz CT molecular complexity index is 983. The van der Waals surface area contributed by atoms with Gasteiger partial charge in [-0.2, -0.15) is 5.10 Å². The van der Waals surface area contributed by atoms with Crippen LogP contribution in [-0.4, -0.2) is 15.7 Å². The van der Waals surface area contributed by atoms with Crippen molar-refractivity contribution in [3.8, 4) is 16.9 Å². The Morgan fingerprint density at radius 2 is 1.74 bits per heavy atom. The van der Waals surface area contributed by atoms with Crippen LogP contribution in [0.5, 0.6) is 0 Å². The van der Waals surface area contributed by atoms with E-state index < -0.39 is 0 Å². The quantitative estimate of drug-likeness (QED) is 0.638. The fraction of sp³-hybridized carbons (Fsp3) is 0.0435. The number of nitrogens with zero attached hydrogens (tertiary/aromatic N) is 2. The van der Waals surface area contributed by atoms with E-state index in [1.165, 1.54) is 0 Å². The Labute approximate surface area is 159 Å². The molecule has 0 unspecified atom stereocenters. The fourth-order valence-electron chi connectivity index (χ4n) is 2.71. The van der Waals surface area contributed by atoms with Gasteiger partial charge in [0.15, 0.2) is 0 Å². The van der Waals surface area contributed by atoms with E-state index in [0.717, 1.165) is 11.3 Å². The van der Waals surface area contributed by atoms with Gasteiger partial charge in [-0.15, -0.1) is 0 Å². The molecule has 0 radical (unpaired) electrons. The molecule has 0 bridgehead atoms. The molecule has 2 aromatic carbocycles. The molecule has 0 saturated heterocycles. The topological polar surface area (TPSA) is 46.9 Å². The lowest BCUT2D eigenvalue weighted by atomic mass is 10.1. The van der Waals surface area contributed by atoms with Crippen LogP contribution in [0.4, 0.5) is 0 Å². The van der Waals surface area contributed by atoms with E-state index in [2.05, 4.69) is 17.0 Å². The molecule has 3 aromatic rings. The Morgan fingerprint density at radius 3 is 2.37 bits per heavy atom. The highest BCUT2D eigenvalue weighted by Crippen LogP contribution is 2.24. The van der Waals surface area contributed by atoms with Crippen LogP contribution in [0, 0.1) is 0 Å². The van der Waals surface area contributed by atoms with E-state index in [-0.39, 0.29) is 5.91 Å². The number of para-hydroxylation sites is 1. The van der Waals surface area contributed by atoms with Gasteiger partial charge in [-0.25, -0.2) is 4.68 Å². The predicted molar refractivity (Wildman–Crippen MR) is 110 cm³/mol. The van der Waals surface area contributed by atoms with Gasteiger partial charge in [-0.1, -0.05) is 67.3 Å². The van der Waals surface area contributed by atoms with Crippen molar-refractivity contribution in [1.29, 1.82) is 0 Å². The number of hydrogen-bond acceptors (Lipinski definition) is 2. The minimum Gasteiger partial charge on any atom is -0.322 e. The summed E-state index contributed by atoms with van der Waals surface area (Å²) in [4.78, 5) is 13.0. The smallest absolute Gasteiger partial charge is 0.259 e. The number of aromatic nitrogens is 2. The molecular formula is C23H21N3O. The summed E-state index contributed by atoms with van der Waals surface area (Å²) in [7, 11) is 0. The molecule has 1 aromatic heterocycles. The van der Waals surface area contributed by atoms with E-state index in [4.69, 9.17) is 0 Å². The Morgan fingerprint density at radius 1 is 1.07 bits per heavy atom. The molecule has 0 atom stereocenters. The third kappa shape index (κ3) is 4.30. The van der Waals surface area contributed by atoms with E-state index >= 15 is 0 Å².